The first-order valence-corrected chi connectivity index (χ1v) is 10.1. The van der Waals surface area contributed by atoms with Gasteiger partial charge in [0.15, 0.2) is 0 Å². The molecule has 1 aromatic carbocycles. The number of carbonyl (C=O) groups excluding carboxylic acids is 1. The Hall–Kier alpha value is -1.23. The monoisotopic (exact) mass is 421 g/mol. The summed E-state index contributed by atoms with van der Waals surface area (Å²) < 4.78 is 37.6. The Morgan fingerprint density at radius 3 is 2.63 bits per heavy atom. The summed E-state index contributed by atoms with van der Waals surface area (Å²) in [5.74, 6) is -0.169. The molecule has 0 bridgehead atoms. The Balaban J connectivity index is 0.00000364. The molecule has 1 aliphatic rings. The minimum atomic E-state index is -3.57. The number of nitrogens with two attached hydrogens (primary N) is 1. The van der Waals surface area contributed by atoms with Gasteiger partial charge in [-0.15, -0.1) is 12.4 Å². The summed E-state index contributed by atoms with van der Waals surface area (Å²) in [5.41, 5.74) is 6.29. The van der Waals surface area contributed by atoms with E-state index in [-0.39, 0.29) is 54.9 Å². The van der Waals surface area contributed by atoms with Gasteiger partial charge in [0.25, 0.3) is 0 Å². The summed E-state index contributed by atoms with van der Waals surface area (Å²) in [5, 5.41) is 2.76. The normalized spacial score (nSPS) is 17.9. The molecule has 27 heavy (non-hydrogen) atoms. The fourth-order valence-corrected chi connectivity index (χ4v) is 3.69. The van der Waals surface area contributed by atoms with E-state index in [1.165, 1.54) is 19.2 Å². The molecule has 1 amide bonds. The predicted molar refractivity (Wildman–Crippen MR) is 104 cm³/mol. The maximum absolute atomic E-state index is 12.3. The second-order valence-corrected chi connectivity index (χ2v) is 7.97. The van der Waals surface area contributed by atoms with Crippen LogP contribution < -0.4 is 15.8 Å². The smallest absolute Gasteiger partial charge is 0.240 e. The largest absolute Gasteiger partial charge is 0.380 e. The van der Waals surface area contributed by atoms with E-state index in [4.69, 9.17) is 15.2 Å². The van der Waals surface area contributed by atoms with Crippen molar-refractivity contribution in [2.75, 3.05) is 26.8 Å². The van der Waals surface area contributed by atoms with Crippen LogP contribution in [-0.4, -0.2) is 53.3 Å². The van der Waals surface area contributed by atoms with Crippen molar-refractivity contribution in [3.8, 4) is 0 Å². The number of halogens is 1. The Morgan fingerprint density at radius 1 is 1.37 bits per heavy atom. The molecule has 2 unspecified atom stereocenters. The number of ether oxygens (including phenoxy) is 2. The van der Waals surface area contributed by atoms with E-state index in [9.17, 15) is 13.2 Å². The number of carbonyl (C=O) groups is 1. The number of nitrogens with one attached hydrogen (secondary N) is 2. The van der Waals surface area contributed by atoms with Crippen LogP contribution in [0.15, 0.2) is 29.2 Å². The first kappa shape index (κ1) is 23.8. The molecule has 0 aromatic heterocycles. The summed E-state index contributed by atoms with van der Waals surface area (Å²) in [7, 11) is -2.06. The van der Waals surface area contributed by atoms with Crippen LogP contribution >= 0.6 is 12.4 Å². The third-order valence-corrected chi connectivity index (χ3v) is 5.70. The maximum atomic E-state index is 12.3. The third kappa shape index (κ3) is 7.73. The average molecular weight is 422 g/mol. The molecule has 1 aliphatic heterocycles. The molecule has 0 spiro atoms. The lowest BCUT2D eigenvalue weighted by molar-refractivity contribution is -0.123. The molecular formula is C17H28ClN3O5S. The number of amides is 1. The molecule has 1 fully saturated rings. The van der Waals surface area contributed by atoms with Crippen molar-refractivity contribution in [2.24, 2.45) is 5.73 Å². The number of benzene rings is 1. The van der Waals surface area contributed by atoms with Gasteiger partial charge in [-0.05, 0) is 30.5 Å². The van der Waals surface area contributed by atoms with Gasteiger partial charge in [0, 0.05) is 33.4 Å². The Kier molecular flexibility index (Phi) is 10.2. The van der Waals surface area contributed by atoms with E-state index in [0.717, 1.165) is 18.4 Å². The van der Waals surface area contributed by atoms with Crippen LogP contribution in [0.25, 0.3) is 0 Å². The predicted octanol–water partition coefficient (Wildman–Crippen LogP) is 0.546. The summed E-state index contributed by atoms with van der Waals surface area (Å²) in [4.78, 5) is 12.0. The zero-order chi connectivity index (χ0) is 19.0. The molecule has 0 radical (unpaired) electrons. The summed E-state index contributed by atoms with van der Waals surface area (Å²) >= 11 is 0. The van der Waals surface area contributed by atoms with Crippen molar-refractivity contribution >= 4 is 28.3 Å². The zero-order valence-corrected chi connectivity index (χ0v) is 17.0. The topological polar surface area (TPSA) is 120 Å². The number of sulfonamides is 1. The molecule has 2 atom stereocenters. The van der Waals surface area contributed by atoms with Crippen LogP contribution in [0.2, 0.25) is 0 Å². The molecule has 2 rings (SSSR count). The van der Waals surface area contributed by atoms with Gasteiger partial charge in [0.2, 0.25) is 15.9 Å². The minimum absolute atomic E-state index is 0. The van der Waals surface area contributed by atoms with Gasteiger partial charge in [-0.3, -0.25) is 4.79 Å². The van der Waals surface area contributed by atoms with Crippen LogP contribution in [0.3, 0.4) is 0 Å². The lowest BCUT2D eigenvalue weighted by atomic mass is 10.2. The van der Waals surface area contributed by atoms with E-state index in [2.05, 4.69) is 10.0 Å². The first-order valence-electron chi connectivity index (χ1n) is 8.64. The van der Waals surface area contributed by atoms with Crippen LogP contribution in [0.4, 0.5) is 0 Å². The first-order chi connectivity index (χ1) is 12.4. The van der Waals surface area contributed by atoms with Crippen molar-refractivity contribution < 1.29 is 22.7 Å². The number of methoxy groups -OCH3 is 1. The molecule has 0 aliphatic carbocycles. The second-order valence-electron chi connectivity index (χ2n) is 6.21. The number of hydrogen-bond donors (Lipinski definition) is 3. The van der Waals surface area contributed by atoms with Gasteiger partial charge >= 0.3 is 0 Å². The molecule has 0 saturated carbocycles. The molecule has 4 N–H and O–H groups in total. The molecule has 1 aromatic rings. The quantitative estimate of drug-likeness (QED) is 0.507. The molecule has 10 heteroatoms. The van der Waals surface area contributed by atoms with Gasteiger partial charge < -0.3 is 20.5 Å². The van der Waals surface area contributed by atoms with Crippen LogP contribution in [-0.2, 0) is 30.8 Å². The van der Waals surface area contributed by atoms with Gasteiger partial charge in [0.05, 0.1) is 23.5 Å². The lowest BCUT2D eigenvalue weighted by Crippen LogP contribution is -2.32. The summed E-state index contributed by atoms with van der Waals surface area (Å²) in [6.07, 6.45) is 1.66. The highest BCUT2D eigenvalue weighted by molar-refractivity contribution is 7.89. The van der Waals surface area contributed by atoms with Crippen molar-refractivity contribution in [2.45, 2.75) is 42.9 Å². The molecule has 1 heterocycles. The van der Waals surface area contributed by atoms with Crippen molar-refractivity contribution in [1.82, 2.24) is 10.0 Å². The van der Waals surface area contributed by atoms with Gasteiger partial charge in [0.1, 0.15) is 0 Å². The minimum Gasteiger partial charge on any atom is -0.380 e. The highest BCUT2D eigenvalue weighted by Gasteiger charge is 2.20. The van der Waals surface area contributed by atoms with E-state index in [1.807, 2.05) is 0 Å². The SMILES string of the molecule is COC(CN)CC(=O)NCc1ccc(S(=O)(=O)NCC2CCCO2)cc1.Cl. The average Bonchev–Trinajstić information content (AvgIpc) is 3.17. The maximum Gasteiger partial charge on any atom is 0.240 e. The molecule has 8 nitrogen and oxygen atoms in total. The fourth-order valence-electron chi connectivity index (χ4n) is 2.62. The van der Waals surface area contributed by atoms with Crippen molar-refractivity contribution in [3.63, 3.8) is 0 Å². The highest BCUT2D eigenvalue weighted by Crippen LogP contribution is 2.14. The third-order valence-electron chi connectivity index (χ3n) is 4.26. The molecule has 1 saturated heterocycles. The van der Waals surface area contributed by atoms with Crippen molar-refractivity contribution in [3.05, 3.63) is 29.8 Å². The Bertz CT molecular complexity index is 674. The van der Waals surface area contributed by atoms with Crippen LogP contribution in [0.1, 0.15) is 24.8 Å². The van der Waals surface area contributed by atoms with Crippen LogP contribution in [0.5, 0.6) is 0 Å². The van der Waals surface area contributed by atoms with E-state index in [0.29, 0.717) is 13.2 Å². The Morgan fingerprint density at radius 2 is 2.07 bits per heavy atom. The lowest BCUT2D eigenvalue weighted by Gasteiger charge is -2.13. The van der Waals surface area contributed by atoms with E-state index >= 15 is 0 Å². The summed E-state index contributed by atoms with van der Waals surface area (Å²) in [6, 6.07) is 6.41. The Labute approximate surface area is 166 Å². The fraction of sp³-hybridized carbons (Fsp3) is 0.588. The molecular weight excluding hydrogens is 394 g/mol. The highest BCUT2D eigenvalue weighted by atomic mass is 35.5. The van der Waals surface area contributed by atoms with E-state index in [1.54, 1.807) is 12.1 Å². The summed E-state index contributed by atoms with van der Waals surface area (Å²) in [6.45, 7) is 1.55. The zero-order valence-electron chi connectivity index (χ0n) is 15.3. The van der Waals surface area contributed by atoms with E-state index < -0.39 is 10.0 Å². The second kappa shape index (κ2) is 11.6. The number of hydrogen-bond acceptors (Lipinski definition) is 6. The van der Waals surface area contributed by atoms with Crippen LogP contribution in [0, 0.1) is 0 Å². The molecule has 154 valence electrons. The number of rotatable bonds is 10. The van der Waals surface area contributed by atoms with Gasteiger partial charge in [-0.1, -0.05) is 12.1 Å². The van der Waals surface area contributed by atoms with Gasteiger partial charge in [-0.25, -0.2) is 13.1 Å². The van der Waals surface area contributed by atoms with Gasteiger partial charge in [-0.2, -0.15) is 0 Å². The van der Waals surface area contributed by atoms with Crippen molar-refractivity contribution in [1.29, 1.82) is 0 Å². The standard InChI is InChI=1S/C17H27N3O5S.ClH/c1-24-15(10-18)9-17(21)19-11-13-4-6-16(7-5-13)26(22,23)20-12-14-3-2-8-25-14;/h4-7,14-15,20H,2-3,8-12,18H2,1H3,(H,19,21);1H.